The van der Waals surface area contributed by atoms with Crippen LogP contribution in [0.3, 0.4) is 0 Å². The molecule has 1 atom stereocenters. The number of anilines is 1. The first kappa shape index (κ1) is 12.8. The second-order valence-electron chi connectivity index (χ2n) is 3.29. The van der Waals surface area contributed by atoms with Crippen LogP contribution in [0.15, 0.2) is 18.2 Å². The van der Waals surface area contributed by atoms with Gasteiger partial charge in [-0.15, -0.1) is 0 Å². The summed E-state index contributed by atoms with van der Waals surface area (Å²) in [7, 11) is 0. The lowest BCUT2D eigenvalue weighted by Gasteiger charge is -2.12. The summed E-state index contributed by atoms with van der Waals surface area (Å²) in [5.74, 6) is -1.02. The van der Waals surface area contributed by atoms with Gasteiger partial charge in [-0.05, 0) is 24.8 Å². The standard InChI is InChI=1S/C11H14FNO2S/c1-3-10(16-2)11(15)13-9-5-4-7(14)6-8(9)12/h4-6,10,14H,3H2,1-2H3,(H,13,15)/t10-/m1/s1. The van der Waals surface area contributed by atoms with Crippen LogP contribution in [0.4, 0.5) is 10.1 Å². The van der Waals surface area contributed by atoms with Crippen LogP contribution < -0.4 is 5.32 Å². The van der Waals surface area contributed by atoms with Crippen molar-refractivity contribution in [2.45, 2.75) is 18.6 Å². The van der Waals surface area contributed by atoms with Crippen LogP contribution in [0, 0.1) is 5.82 Å². The minimum Gasteiger partial charge on any atom is -0.508 e. The minimum absolute atomic E-state index is 0.0929. The third-order valence-corrected chi connectivity index (χ3v) is 3.27. The average Bonchev–Trinajstić information content (AvgIpc) is 2.24. The number of nitrogens with one attached hydrogen (secondary N) is 1. The molecular formula is C11H14FNO2S. The quantitative estimate of drug-likeness (QED) is 0.799. The molecule has 0 fully saturated rings. The molecule has 1 amide bonds. The number of halogens is 1. The fraction of sp³-hybridized carbons (Fsp3) is 0.364. The topological polar surface area (TPSA) is 49.3 Å². The van der Waals surface area contributed by atoms with E-state index in [1.165, 1.54) is 23.9 Å². The van der Waals surface area contributed by atoms with E-state index in [2.05, 4.69) is 5.32 Å². The van der Waals surface area contributed by atoms with E-state index in [-0.39, 0.29) is 22.6 Å². The van der Waals surface area contributed by atoms with Crippen LogP contribution in [0.25, 0.3) is 0 Å². The summed E-state index contributed by atoms with van der Waals surface area (Å²) in [6.45, 7) is 1.90. The molecule has 0 saturated heterocycles. The maximum Gasteiger partial charge on any atom is 0.237 e. The van der Waals surface area contributed by atoms with E-state index in [9.17, 15) is 9.18 Å². The number of benzene rings is 1. The molecule has 1 aromatic carbocycles. The van der Waals surface area contributed by atoms with Gasteiger partial charge in [0.05, 0.1) is 10.9 Å². The molecule has 0 aromatic heterocycles. The zero-order chi connectivity index (χ0) is 12.1. The van der Waals surface area contributed by atoms with E-state index in [4.69, 9.17) is 5.11 Å². The third kappa shape index (κ3) is 3.13. The number of hydrogen-bond donors (Lipinski definition) is 2. The second-order valence-corrected chi connectivity index (χ2v) is 4.33. The first-order chi connectivity index (χ1) is 7.58. The fourth-order valence-electron chi connectivity index (χ4n) is 1.28. The van der Waals surface area contributed by atoms with E-state index in [0.717, 1.165) is 6.07 Å². The molecule has 2 N–H and O–H groups in total. The molecule has 0 heterocycles. The van der Waals surface area contributed by atoms with Gasteiger partial charge in [-0.2, -0.15) is 11.8 Å². The molecule has 0 radical (unpaired) electrons. The summed E-state index contributed by atoms with van der Waals surface area (Å²) in [6.07, 6.45) is 2.52. The van der Waals surface area contributed by atoms with Gasteiger partial charge >= 0.3 is 0 Å². The van der Waals surface area contributed by atoms with Crippen LogP contribution in [0.2, 0.25) is 0 Å². The number of carbonyl (C=O) groups is 1. The number of hydrogen-bond acceptors (Lipinski definition) is 3. The SMILES string of the molecule is CC[C@@H](SC)C(=O)Nc1ccc(O)cc1F. The molecule has 0 bridgehead atoms. The Balaban J connectivity index is 2.76. The molecule has 0 unspecified atom stereocenters. The monoisotopic (exact) mass is 243 g/mol. The Bertz CT molecular complexity index is 380. The van der Waals surface area contributed by atoms with E-state index in [1.54, 1.807) is 0 Å². The highest BCUT2D eigenvalue weighted by Crippen LogP contribution is 2.21. The van der Waals surface area contributed by atoms with Crippen LogP contribution in [-0.2, 0) is 4.79 Å². The van der Waals surface area contributed by atoms with Crippen molar-refractivity contribution in [3.05, 3.63) is 24.0 Å². The summed E-state index contributed by atoms with van der Waals surface area (Å²) in [5, 5.41) is 11.3. The van der Waals surface area contributed by atoms with Gasteiger partial charge in [0.15, 0.2) is 0 Å². The lowest BCUT2D eigenvalue weighted by molar-refractivity contribution is -0.115. The Morgan fingerprint density at radius 3 is 2.81 bits per heavy atom. The van der Waals surface area contributed by atoms with Gasteiger partial charge in [0.1, 0.15) is 11.6 Å². The normalized spacial score (nSPS) is 12.2. The third-order valence-electron chi connectivity index (χ3n) is 2.16. The zero-order valence-corrected chi connectivity index (χ0v) is 9.97. The molecule has 16 heavy (non-hydrogen) atoms. The molecule has 1 rings (SSSR count). The molecule has 0 aliphatic rings. The van der Waals surface area contributed by atoms with Gasteiger partial charge in [-0.1, -0.05) is 6.92 Å². The molecule has 1 aromatic rings. The highest BCUT2D eigenvalue weighted by molar-refractivity contribution is 7.99. The van der Waals surface area contributed by atoms with E-state index < -0.39 is 5.82 Å². The lowest BCUT2D eigenvalue weighted by atomic mass is 10.2. The van der Waals surface area contributed by atoms with E-state index in [1.807, 2.05) is 13.2 Å². The first-order valence-corrected chi connectivity index (χ1v) is 6.19. The van der Waals surface area contributed by atoms with E-state index in [0.29, 0.717) is 6.42 Å². The Kier molecular flexibility index (Phi) is 4.61. The number of phenolic OH excluding ortho intramolecular Hbond substituents is 1. The maximum absolute atomic E-state index is 13.3. The number of carbonyl (C=O) groups excluding carboxylic acids is 1. The van der Waals surface area contributed by atoms with Crippen molar-refractivity contribution >= 4 is 23.4 Å². The molecule has 88 valence electrons. The number of aromatic hydroxyl groups is 1. The highest BCUT2D eigenvalue weighted by Gasteiger charge is 2.16. The number of rotatable bonds is 4. The van der Waals surface area contributed by atoms with Crippen molar-refractivity contribution in [2.24, 2.45) is 0 Å². The largest absolute Gasteiger partial charge is 0.508 e. The number of thioether (sulfide) groups is 1. The minimum atomic E-state index is -0.635. The Hall–Kier alpha value is -1.23. The molecule has 0 aliphatic carbocycles. The van der Waals surface area contributed by atoms with Crippen molar-refractivity contribution in [2.75, 3.05) is 11.6 Å². The summed E-state index contributed by atoms with van der Waals surface area (Å²) >= 11 is 1.42. The van der Waals surface area contributed by atoms with Gasteiger partial charge in [0.25, 0.3) is 0 Å². The maximum atomic E-state index is 13.3. The smallest absolute Gasteiger partial charge is 0.237 e. The predicted molar refractivity (Wildman–Crippen MR) is 64.3 cm³/mol. The van der Waals surface area contributed by atoms with Crippen molar-refractivity contribution in [3.8, 4) is 5.75 Å². The predicted octanol–water partition coefficient (Wildman–Crippen LogP) is 2.61. The van der Waals surface area contributed by atoms with Crippen molar-refractivity contribution in [1.82, 2.24) is 0 Å². The van der Waals surface area contributed by atoms with Crippen LogP contribution in [0.5, 0.6) is 5.75 Å². The van der Waals surface area contributed by atoms with Gasteiger partial charge in [-0.25, -0.2) is 4.39 Å². The average molecular weight is 243 g/mol. The molecule has 0 spiro atoms. The van der Waals surface area contributed by atoms with Crippen LogP contribution in [-0.4, -0.2) is 22.5 Å². The first-order valence-electron chi connectivity index (χ1n) is 4.90. The van der Waals surface area contributed by atoms with Crippen molar-refractivity contribution in [1.29, 1.82) is 0 Å². The molecular weight excluding hydrogens is 229 g/mol. The molecule has 3 nitrogen and oxygen atoms in total. The molecule has 5 heteroatoms. The molecule has 0 saturated carbocycles. The van der Waals surface area contributed by atoms with Crippen LogP contribution >= 0.6 is 11.8 Å². The second kappa shape index (κ2) is 5.75. The highest BCUT2D eigenvalue weighted by atomic mass is 32.2. The summed E-state index contributed by atoms with van der Waals surface area (Å²) in [4.78, 5) is 11.7. The summed E-state index contributed by atoms with van der Waals surface area (Å²) in [5.41, 5.74) is 0.0929. The van der Waals surface area contributed by atoms with Crippen molar-refractivity contribution < 1.29 is 14.3 Å². The summed E-state index contributed by atoms with van der Waals surface area (Å²) < 4.78 is 13.3. The number of amides is 1. The van der Waals surface area contributed by atoms with Gasteiger partial charge < -0.3 is 10.4 Å². The lowest BCUT2D eigenvalue weighted by Crippen LogP contribution is -2.24. The summed E-state index contributed by atoms with van der Waals surface area (Å²) in [6, 6.07) is 3.64. The van der Waals surface area contributed by atoms with Crippen LogP contribution in [0.1, 0.15) is 13.3 Å². The van der Waals surface area contributed by atoms with Gasteiger partial charge in [0, 0.05) is 6.07 Å². The van der Waals surface area contributed by atoms with E-state index >= 15 is 0 Å². The number of phenols is 1. The zero-order valence-electron chi connectivity index (χ0n) is 9.16. The fourth-order valence-corrected chi connectivity index (χ4v) is 1.88. The Morgan fingerprint density at radius 2 is 2.31 bits per heavy atom. The molecule has 0 aliphatic heterocycles. The van der Waals surface area contributed by atoms with Crippen molar-refractivity contribution in [3.63, 3.8) is 0 Å². The Labute approximate surface area is 98.1 Å². The van der Waals surface area contributed by atoms with Gasteiger partial charge in [0.2, 0.25) is 5.91 Å². The van der Waals surface area contributed by atoms with Gasteiger partial charge in [-0.3, -0.25) is 4.79 Å². The Morgan fingerprint density at radius 1 is 1.62 bits per heavy atom.